The summed E-state index contributed by atoms with van der Waals surface area (Å²) in [6.45, 7) is 3.43. The van der Waals surface area contributed by atoms with Gasteiger partial charge >= 0.3 is 0 Å². The summed E-state index contributed by atoms with van der Waals surface area (Å²) in [4.78, 5) is 0. The first-order chi connectivity index (χ1) is 12.8. The smallest absolute Gasteiger partial charge is 0.191 e. The van der Waals surface area contributed by atoms with Gasteiger partial charge in [-0.3, -0.25) is 0 Å². The maximum absolute atomic E-state index is 5.78. The fourth-order valence-corrected chi connectivity index (χ4v) is 3.15. The van der Waals surface area contributed by atoms with Crippen molar-refractivity contribution < 1.29 is 9.47 Å². The molecule has 0 amide bonds. The number of nitrogens with zero attached hydrogens (tertiary/aromatic N) is 3. The lowest BCUT2D eigenvalue weighted by atomic mass is 10.2. The molecule has 0 saturated carbocycles. The van der Waals surface area contributed by atoms with Crippen LogP contribution in [0.4, 0.5) is 0 Å². The van der Waals surface area contributed by atoms with Crippen LogP contribution in [0.2, 0.25) is 0 Å². The molecule has 2 aromatic carbocycles. The number of rotatable bonds is 9. The van der Waals surface area contributed by atoms with Gasteiger partial charge in [-0.1, -0.05) is 49.0 Å². The van der Waals surface area contributed by atoms with Crippen LogP contribution in [-0.2, 0) is 7.05 Å². The van der Waals surface area contributed by atoms with Gasteiger partial charge in [0.1, 0.15) is 11.5 Å². The van der Waals surface area contributed by atoms with Crippen molar-refractivity contribution in [1.82, 2.24) is 14.8 Å². The molecule has 0 N–H and O–H groups in total. The van der Waals surface area contributed by atoms with Crippen LogP contribution in [0.5, 0.6) is 11.5 Å². The van der Waals surface area contributed by atoms with Crippen LogP contribution in [0.1, 0.15) is 13.3 Å². The van der Waals surface area contributed by atoms with Crippen LogP contribution >= 0.6 is 11.8 Å². The van der Waals surface area contributed by atoms with E-state index in [0.717, 1.165) is 46.8 Å². The largest absolute Gasteiger partial charge is 0.494 e. The molecule has 0 aliphatic heterocycles. The Kier molecular flexibility index (Phi) is 6.55. The monoisotopic (exact) mass is 369 g/mol. The second-order valence-corrected chi connectivity index (χ2v) is 6.81. The van der Waals surface area contributed by atoms with E-state index in [-0.39, 0.29) is 0 Å². The highest BCUT2D eigenvalue weighted by Crippen LogP contribution is 2.23. The minimum atomic E-state index is 0.605. The summed E-state index contributed by atoms with van der Waals surface area (Å²) >= 11 is 1.64. The Morgan fingerprint density at radius 3 is 2.19 bits per heavy atom. The Labute approximate surface area is 158 Å². The number of benzene rings is 2. The van der Waals surface area contributed by atoms with Crippen molar-refractivity contribution in [3.05, 3.63) is 54.6 Å². The van der Waals surface area contributed by atoms with E-state index in [4.69, 9.17) is 9.47 Å². The van der Waals surface area contributed by atoms with Gasteiger partial charge in [0, 0.05) is 18.4 Å². The molecule has 0 radical (unpaired) electrons. The highest BCUT2D eigenvalue weighted by molar-refractivity contribution is 7.99. The molecule has 0 aliphatic carbocycles. The molecule has 26 heavy (non-hydrogen) atoms. The normalized spacial score (nSPS) is 10.7. The van der Waals surface area contributed by atoms with Crippen LogP contribution < -0.4 is 9.47 Å². The van der Waals surface area contributed by atoms with Crippen molar-refractivity contribution in [1.29, 1.82) is 0 Å². The topological polar surface area (TPSA) is 49.2 Å². The molecule has 0 unspecified atom stereocenters. The first kappa shape index (κ1) is 18.3. The van der Waals surface area contributed by atoms with Crippen molar-refractivity contribution in [2.45, 2.75) is 18.5 Å². The van der Waals surface area contributed by atoms with Crippen LogP contribution in [0.15, 0.2) is 59.8 Å². The van der Waals surface area contributed by atoms with E-state index in [1.165, 1.54) is 0 Å². The van der Waals surface area contributed by atoms with Crippen LogP contribution in [-0.4, -0.2) is 33.7 Å². The van der Waals surface area contributed by atoms with E-state index in [9.17, 15) is 0 Å². The first-order valence-electron chi connectivity index (χ1n) is 8.71. The Morgan fingerprint density at radius 2 is 1.54 bits per heavy atom. The molecule has 0 bridgehead atoms. The highest BCUT2D eigenvalue weighted by Gasteiger charge is 2.10. The van der Waals surface area contributed by atoms with Crippen molar-refractivity contribution in [3.8, 4) is 22.9 Å². The third-order valence-corrected chi connectivity index (χ3v) is 4.73. The molecule has 6 heteroatoms. The molecule has 0 aliphatic rings. The third-order valence-electron chi connectivity index (χ3n) is 3.75. The van der Waals surface area contributed by atoms with E-state index in [0.29, 0.717) is 6.61 Å². The first-order valence-corrected chi connectivity index (χ1v) is 9.69. The lowest BCUT2D eigenvalue weighted by Gasteiger charge is -2.08. The van der Waals surface area contributed by atoms with E-state index in [2.05, 4.69) is 17.1 Å². The van der Waals surface area contributed by atoms with E-state index < -0.39 is 0 Å². The molecule has 0 atom stereocenters. The van der Waals surface area contributed by atoms with Crippen LogP contribution in [0, 0.1) is 0 Å². The Hall–Kier alpha value is -2.47. The average Bonchev–Trinajstić information content (AvgIpc) is 3.06. The van der Waals surface area contributed by atoms with Crippen molar-refractivity contribution in [2.75, 3.05) is 19.0 Å². The predicted molar refractivity (Wildman–Crippen MR) is 105 cm³/mol. The second kappa shape index (κ2) is 9.29. The SMILES string of the molecule is CCCOc1ccc(OCCSc2nnc(-c3ccccc3)n2C)cc1. The molecular weight excluding hydrogens is 346 g/mol. The quantitative estimate of drug-likeness (QED) is 0.412. The van der Waals surface area contributed by atoms with E-state index in [1.807, 2.05) is 66.2 Å². The summed E-state index contributed by atoms with van der Waals surface area (Å²) in [5, 5.41) is 9.46. The van der Waals surface area contributed by atoms with E-state index >= 15 is 0 Å². The standard InChI is InChI=1S/C20H23N3O2S/c1-3-13-24-17-9-11-18(12-10-17)25-14-15-26-20-22-21-19(23(20)2)16-7-5-4-6-8-16/h4-12H,3,13-15H2,1-2H3. The summed E-state index contributed by atoms with van der Waals surface area (Å²) in [5.74, 6) is 3.39. The number of thioether (sulfide) groups is 1. The van der Waals surface area contributed by atoms with Crippen molar-refractivity contribution in [2.24, 2.45) is 7.05 Å². The van der Waals surface area contributed by atoms with Gasteiger partial charge in [-0.2, -0.15) is 0 Å². The minimum absolute atomic E-state index is 0.605. The van der Waals surface area contributed by atoms with Gasteiger partial charge < -0.3 is 14.0 Å². The molecule has 136 valence electrons. The minimum Gasteiger partial charge on any atom is -0.494 e. The fraction of sp³-hybridized carbons (Fsp3) is 0.300. The number of ether oxygens (including phenoxy) is 2. The van der Waals surface area contributed by atoms with Gasteiger partial charge in [-0.25, -0.2) is 0 Å². The molecule has 5 nitrogen and oxygen atoms in total. The maximum atomic E-state index is 5.78. The molecule has 3 rings (SSSR count). The lowest BCUT2D eigenvalue weighted by molar-refractivity contribution is 0.314. The maximum Gasteiger partial charge on any atom is 0.191 e. The summed E-state index contributed by atoms with van der Waals surface area (Å²) < 4.78 is 13.4. The molecule has 3 aromatic rings. The van der Waals surface area contributed by atoms with Crippen molar-refractivity contribution >= 4 is 11.8 Å². The Bertz CT molecular complexity index is 804. The van der Waals surface area contributed by atoms with E-state index in [1.54, 1.807) is 11.8 Å². The molecule has 0 saturated heterocycles. The van der Waals surface area contributed by atoms with Crippen LogP contribution in [0.3, 0.4) is 0 Å². The van der Waals surface area contributed by atoms with Gasteiger partial charge in [-0.05, 0) is 30.7 Å². The van der Waals surface area contributed by atoms with Gasteiger partial charge in [0.05, 0.1) is 13.2 Å². The Balaban J connectivity index is 1.47. The highest BCUT2D eigenvalue weighted by atomic mass is 32.2. The zero-order chi connectivity index (χ0) is 18.2. The average molecular weight is 369 g/mol. The van der Waals surface area contributed by atoms with Crippen molar-refractivity contribution in [3.63, 3.8) is 0 Å². The Morgan fingerprint density at radius 1 is 0.885 bits per heavy atom. The number of hydrogen-bond donors (Lipinski definition) is 0. The fourth-order valence-electron chi connectivity index (χ4n) is 2.42. The number of aromatic nitrogens is 3. The molecule has 1 heterocycles. The predicted octanol–water partition coefficient (Wildman–Crippen LogP) is 4.44. The summed E-state index contributed by atoms with van der Waals surface area (Å²) in [7, 11) is 1.99. The molecule has 1 aromatic heterocycles. The number of hydrogen-bond acceptors (Lipinski definition) is 5. The van der Waals surface area contributed by atoms with Gasteiger partial charge in [0.25, 0.3) is 0 Å². The van der Waals surface area contributed by atoms with Gasteiger partial charge in [0.15, 0.2) is 11.0 Å². The summed E-state index contributed by atoms with van der Waals surface area (Å²) in [6.07, 6.45) is 1.00. The zero-order valence-electron chi connectivity index (χ0n) is 15.1. The summed E-state index contributed by atoms with van der Waals surface area (Å²) in [5.41, 5.74) is 1.07. The zero-order valence-corrected chi connectivity index (χ0v) is 15.9. The third kappa shape index (κ3) is 4.79. The van der Waals surface area contributed by atoms with Gasteiger partial charge in [0.2, 0.25) is 0 Å². The molecule has 0 spiro atoms. The second-order valence-electron chi connectivity index (χ2n) is 5.75. The summed E-state index contributed by atoms with van der Waals surface area (Å²) in [6, 6.07) is 17.8. The van der Waals surface area contributed by atoms with Crippen LogP contribution in [0.25, 0.3) is 11.4 Å². The molecule has 0 fully saturated rings. The van der Waals surface area contributed by atoms with Gasteiger partial charge in [-0.15, -0.1) is 10.2 Å². The lowest BCUT2D eigenvalue weighted by Crippen LogP contribution is -2.02. The molecular formula is C20H23N3O2S.